The molecule has 3 heterocycles. The maximum Gasteiger partial charge on any atom is 0.410 e. The monoisotopic (exact) mass is 290 g/mol. The predicted octanol–water partition coefficient (Wildman–Crippen LogP) is 1.12. The number of carbonyl (C=O) groups excluding carboxylic acids is 2. The number of aryl methyl sites for hydroxylation is 1. The van der Waals surface area contributed by atoms with E-state index in [0.29, 0.717) is 19.0 Å². The van der Waals surface area contributed by atoms with Crippen molar-refractivity contribution in [2.45, 2.75) is 31.8 Å². The second-order valence-corrected chi connectivity index (χ2v) is 5.47. The number of pyridine rings is 1. The van der Waals surface area contributed by atoms with Gasteiger partial charge in [0.25, 0.3) is 0 Å². The molecule has 2 unspecified atom stereocenters. The molecule has 112 valence electrons. The van der Waals surface area contributed by atoms with Gasteiger partial charge in [-0.1, -0.05) is 6.07 Å². The zero-order valence-electron chi connectivity index (χ0n) is 11.9. The van der Waals surface area contributed by atoms with Crippen LogP contribution in [0.4, 0.5) is 15.4 Å². The molecule has 2 aliphatic rings. The van der Waals surface area contributed by atoms with E-state index in [1.165, 1.54) is 4.90 Å². The van der Waals surface area contributed by atoms with Crippen LogP contribution in [0.25, 0.3) is 0 Å². The van der Waals surface area contributed by atoms with E-state index in [-0.39, 0.29) is 18.2 Å². The van der Waals surface area contributed by atoms with Crippen molar-refractivity contribution in [2.75, 3.05) is 18.1 Å². The Hall–Kier alpha value is -2.31. The Bertz CT molecular complexity index is 577. The number of hydrogen-bond donors (Lipinski definition) is 1. The molecule has 3 amide bonds. The van der Waals surface area contributed by atoms with E-state index in [2.05, 4.69) is 4.98 Å². The van der Waals surface area contributed by atoms with Crippen LogP contribution in [-0.4, -0.2) is 47.2 Å². The fourth-order valence-corrected chi connectivity index (χ4v) is 2.95. The number of cyclic esters (lactones) is 1. The van der Waals surface area contributed by atoms with Gasteiger partial charge in [0, 0.05) is 12.7 Å². The Balaban J connectivity index is 1.86. The van der Waals surface area contributed by atoms with Crippen molar-refractivity contribution in [3.8, 4) is 0 Å². The number of ether oxygens (including phenoxy) is 1. The molecular weight excluding hydrogens is 272 g/mol. The smallest absolute Gasteiger partial charge is 0.410 e. The molecule has 0 radical (unpaired) electrons. The molecule has 0 saturated carbocycles. The second-order valence-electron chi connectivity index (χ2n) is 5.47. The number of primary amides is 1. The third-order valence-electron chi connectivity index (χ3n) is 4.07. The van der Waals surface area contributed by atoms with Gasteiger partial charge in [0.1, 0.15) is 12.4 Å². The third-order valence-corrected chi connectivity index (χ3v) is 4.07. The summed E-state index contributed by atoms with van der Waals surface area (Å²) < 4.78 is 5.02. The number of hydrogen-bond acceptors (Lipinski definition) is 4. The highest BCUT2D eigenvalue weighted by molar-refractivity contribution is 5.91. The van der Waals surface area contributed by atoms with Gasteiger partial charge in [-0.15, -0.1) is 0 Å². The van der Waals surface area contributed by atoms with Crippen LogP contribution in [0.5, 0.6) is 0 Å². The minimum Gasteiger partial charge on any atom is -0.447 e. The van der Waals surface area contributed by atoms with Crippen LogP contribution in [0.15, 0.2) is 18.3 Å². The summed E-state index contributed by atoms with van der Waals surface area (Å²) in [6, 6.07) is 3.09. The molecule has 7 nitrogen and oxygen atoms in total. The Kier molecular flexibility index (Phi) is 3.40. The number of nitrogens with two attached hydrogens (primary N) is 1. The first-order chi connectivity index (χ1) is 10.1. The number of amides is 3. The fraction of sp³-hybridized carbons (Fsp3) is 0.500. The average molecular weight is 290 g/mol. The average Bonchev–Trinajstić information content (AvgIpc) is 2.78. The van der Waals surface area contributed by atoms with Gasteiger partial charge in [0.2, 0.25) is 0 Å². The number of rotatable bonds is 2. The largest absolute Gasteiger partial charge is 0.447 e. The Labute approximate surface area is 122 Å². The van der Waals surface area contributed by atoms with Gasteiger partial charge in [-0.05, 0) is 31.4 Å². The van der Waals surface area contributed by atoms with Crippen LogP contribution < -0.4 is 10.6 Å². The fourth-order valence-electron chi connectivity index (χ4n) is 2.95. The molecule has 7 heteroatoms. The standard InChI is InChI=1S/C14H18N4O3/c1-9-8-21-14(20)17(9)7-11-5-4-10-3-2-6-16-12(10)18(11)13(15)19/h2-3,6,9,11H,4-5,7-8H2,1H3,(H2,15,19). The molecule has 1 aromatic rings. The zero-order valence-corrected chi connectivity index (χ0v) is 11.9. The van der Waals surface area contributed by atoms with Gasteiger partial charge in [-0.3, -0.25) is 4.90 Å². The van der Waals surface area contributed by atoms with Crippen LogP contribution in [0, 0.1) is 0 Å². The lowest BCUT2D eigenvalue weighted by Crippen LogP contribution is -2.53. The first-order valence-corrected chi connectivity index (χ1v) is 7.04. The van der Waals surface area contributed by atoms with E-state index >= 15 is 0 Å². The number of carbonyl (C=O) groups is 2. The molecule has 0 aliphatic carbocycles. The molecule has 0 aromatic carbocycles. The van der Waals surface area contributed by atoms with Gasteiger partial charge < -0.3 is 15.4 Å². The number of urea groups is 1. The van der Waals surface area contributed by atoms with Crippen molar-refractivity contribution < 1.29 is 14.3 Å². The third kappa shape index (κ3) is 2.39. The van der Waals surface area contributed by atoms with Crippen molar-refractivity contribution in [1.29, 1.82) is 0 Å². The Morgan fingerprint density at radius 1 is 1.57 bits per heavy atom. The summed E-state index contributed by atoms with van der Waals surface area (Å²) in [5.74, 6) is 0.599. The lowest BCUT2D eigenvalue weighted by Gasteiger charge is -2.37. The van der Waals surface area contributed by atoms with Crippen LogP contribution in [0.1, 0.15) is 18.9 Å². The molecule has 1 saturated heterocycles. The lowest BCUT2D eigenvalue weighted by molar-refractivity contribution is 0.155. The van der Waals surface area contributed by atoms with Crippen molar-refractivity contribution in [3.63, 3.8) is 0 Å². The molecule has 3 rings (SSSR count). The quantitative estimate of drug-likeness (QED) is 0.884. The maximum absolute atomic E-state index is 11.8. The highest BCUT2D eigenvalue weighted by Gasteiger charge is 2.37. The van der Waals surface area contributed by atoms with Crippen LogP contribution >= 0.6 is 0 Å². The van der Waals surface area contributed by atoms with E-state index in [0.717, 1.165) is 18.4 Å². The summed E-state index contributed by atoms with van der Waals surface area (Å²) in [6.45, 7) is 2.73. The first-order valence-electron chi connectivity index (χ1n) is 7.04. The van der Waals surface area contributed by atoms with E-state index in [9.17, 15) is 9.59 Å². The van der Waals surface area contributed by atoms with E-state index < -0.39 is 6.03 Å². The molecule has 0 spiro atoms. The highest BCUT2D eigenvalue weighted by Crippen LogP contribution is 2.29. The number of nitrogens with zero attached hydrogens (tertiary/aromatic N) is 3. The van der Waals surface area contributed by atoms with Crippen molar-refractivity contribution in [3.05, 3.63) is 23.9 Å². The number of aromatic nitrogens is 1. The summed E-state index contributed by atoms with van der Waals surface area (Å²) in [4.78, 5) is 31.0. The van der Waals surface area contributed by atoms with Crippen LogP contribution in [0.3, 0.4) is 0 Å². The first kappa shape index (κ1) is 13.7. The summed E-state index contributed by atoms with van der Waals surface area (Å²) in [7, 11) is 0. The zero-order chi connectivity index (χ0) is 15.0. The van der Waals surface area contributed by atoms with Crippen LogP contribution in [-0.2, 0) is 11.2 Å². The van der Waals surface area contributed by atoms with Crippen molar-refractivity contribution in [2.24, 2.45) is 5.73 Å². The van der Waals surface area contributed by atoms with Crippen molar-refractivity contribution in [1.82, 2.24) is 9.88 Å². The summed E-state index contributed by atoms with van der Waals surface area (Å²) in [5.41, 5.74) is 6.53. The topological polar surface area (TPSA) is 88.8 Å². The number of fused-ring (bicyclic) bond motifs is 1. The number of anilines is 1. The van der Waals surface area contributed by atoms with Gasteiger partial charge in [0.15, 0.2) is 0 Å². The molecule has 2 aliphatic heterocycles. The second kappa shape index (κ2) is 5.23. The molecule has 2 N–H and O–H groups in total. The minimum absolute atomic E-state index is 0.0114. The van der Waals surface area contributed by atoms with E-state index in [1.54, 1.807) is 11.1 Å². The molecule has 1 fully saturated rings. The van der Waals surface area contributed by atoms with E-state index in [1.807, 2.05) is 19.1 Å². The highest BCUT2D eigenvalue weighted by atomic mass is 16.6. The summed E-state index contributed by atoms with van der Waals surface area (Å²) in [5, 5.41) is 0. The van der Waals surface area contributed by atoms with Crippen molar-refractivity contribution >= 4 is 17.9 Å². The predicted molar refractivity (Wildman–Crippen MR) is 75.9 cm³/mol. The summed E-state index contributed by atoms with van der Waals surface area (Å²) in [6.07, 6.45) is 2.87. The molecule has 2 atom stereocenters. The molecular formula is C14H18N4O3. The van der Waals surface area contributed by atoms with Gasteiger partial charge in [-0.2, -0.15) is 0 Å². The summed E-state index contributed by atoms with van der Waals surface area (Å²) >= 11 is 0. The molecule has 21 heavy (non-hydrogen) atoms. The molecule has 0 bridgehead atoms. The Morgan fingerprint density at radius 3 is 3.05 bits per heavy atom. The normalized spacial score (nSPS) is 24.7. The van der Waals surface area contributed by atoms with Gasteiger partial charge in [-0.25, -0.2) is 14.6 Å². The maximum atomic E-state index is 11.8. The minimum atomic E-state index is -0.542. The van der Waals surface area contributed by atoms with E-state index in [4.69, 9.17) is 10.5 Å². The lowest BCUT2D eigenvalue weighted by atomic mass is 9.98. The van der Waals surface area contributed by atoms with Gasteiger partial charge >= 0.3 is 12.1 Å². The SMILES string of the molecule is CC1COC(=O)N1CC1CCc2cccnc2N1C(N)=O. The van der Waals surface area contributed by atoms with Gasteiger partial charge in [0.05, 0.1) is 12.1 Å². The van der Waals surface area contributed by atoms with Crippen LogP contribution in [0.2, 0.25) is 0 Å². The molecule has 1 aromatic heterocycles. The Morgan fingerprint density at radius 2 is 2.38 bits per heavy atom.